The Labute approximate surface area is 113 Å². The maximum absolute atomic E-state index is 12.3. The van der Waals surface area contributed by atoms with Gasteiger partial charge >= 0.3 is 0 Å². The fraction of sp³-hybridized carbons (Fsp3) is 0.727. The van der Waals surface area contributed by atoms with Crippen LogP contribution in [0, 0.1) is 0 Å². The molecule has 0 aromatic carbocycles. The van der Waals surface area contributed by atoms with Crippen LogP contribution in [0.2, 0.25) is 0 Å². The highest BCUT2D eigenvalue weighted by atomic mass is 32.2. The molecule has 1 aliphatic rings. The van der Waals surface area contributed by atoms with Gasteiger partial charge in [0, 0.05) is 32.4 Å². The number of nitrogens with one attached hydrogen (secondary N) is 1. The summed E-state index contributed by atoms with van der Waals surface area (Å²) in [5.74, 6) is 0. The first-order valence-corrected chi connectivity index (χ1v) is 7.92. The van der Waals surface area contributed by atoms with Crippen LogP contribution < -0.4 is 10.5 Å². The van der Waals surface area contributed by atoms with Crippen molar-refractivity contribution in [2.75, 3.05) is 13.1 Å². The van der Waals surface area contributed by atoms with Crippen LogP contribution in [-0.2, 0) is 23.8 Å². The predicted octanol–water partition coefficient (Wildman–Crippen LogP) is -0.432. The molecule has 2 heterocycles. The van der Waals surface area contributed by atoms with Crippen LogP contribution >= 0.6 is 0 Å². The lowest BCUT2D eigenvalue weighted by atomic mass is 10.1. The van der Waals surface area contributed by atoms with Gasteiger partial charge in [-0.3, -0.25) is 4.68 Å². The van der Waals surface area contributed by atoms with E-state index in [0.717, 1.165) is 19.3 Å². The molecule has 0 spiro atoms. The van der Waals surface area contributed by atoms with E-state index in [9.17, 15) is 8.42 Å². The average Bonchev–Trinajstić information content (AvgIpc) is 2.82. The maximum Gasteiger partial charge on any atom is 0.280 e. The minimum absolute atomic E-state index is 0.0880. The van der Waals surface area contributed by atoms with Gasteiger partial charge in [0.05, 0.1) is 12.2 Å². The molecular weight excluding hydrogens is 266 g/mol. The number of aromatic nitrogens is 2. The van der Waals surface area contributed by atoms with Crippen LogP contribution in [0.3, 0.4) is 0 Å². The summed E-state index contributed by atoms with van der Waals surface area (Å²) in [6.07, 6.45) is 4.54. The van der Waals surface area contributed by atoms with Gasteiger partial charge in [0.2, 0.25) is 0 Å². The van der Waals surface area contributed by atoms with E-state index < -0.39 is 10.2 Å². The van der Waals surface area contributed by atoms with Gasteiger partial charge in [-0.2, -0.15) is 22.5 Å². The van der Waals surface area contributed by atoms with Gasteiger partial charge in [0.1, 0.15) is 0 Å². The van der Waals surface area contributed by atoms with E-state index in [1.165, 1.54) is 4.31 Å². The molecule has 1 saturated heterocycles. The lowest BCUT2D eigenvalue weighted by Gasteiger charge is -2.33. The number of rotatable bonds is 5. The Morgan fingerprint density at radius 1 is 1.53 bits per heavy atom. The van der Waals surface area contributed by atoms with Crippen molar-refractivity contribution in [3.63, 3.8) is 0 Å². The predicted molar refractivity (Wildman–Crippen MR) is 72.4 cm³/mol. The fourth-order valence-corrected chi connectivity index (χ4v) is 3.78. The second-order valence-electron chi connectivity index (χ2n) is 4.80. The Hall–Kier alpha value is -0.960. The number of aryl methyl sites for hydroxylation is 1. The van der Waals surface area contributed by atoms with E-state index in [0.29, 0.717) is 18.8 Å². The lowest BCUT2D eigenvalue weighted by molar-refractivity contribution is 0.254. The standard InChI is InChI=1S/C11H21N5O2S/c1-15-7-5-10(14-15)9-13-19(17,18)16-6-3-2-4-11(16)8-12/h5,7,11,13H,2-4,6,8-9,12H2,1H3. The van der Waals surface area contributed by atoms with Crippen LogP contribution in [0.25, 0.3) is 0 Å². The molecular formula is C11H21N5O2S. The van der Waals surface area contributed by atoms with E-state index in [-0.39, 0.29) is 12.6 Å². The largest absolute Gasteiger partial charge is 0.329 e. The van der Waals surface area contributed by atoms with Gasteiger partial charge in [0.25, 0.3) is 10.2 Å². The van der Waals surface area contributed by atoms with Crippen molar-refractivity contribution in [2.45, 2.75) is 31.8 Å². The van der Waals surface area contributed by atoms with Crippen LogP contribution in [0.15, 0.2) is 12.3 Å². The maximum atomic E-state index is 12.3. The van der Waals surface area contributed by atoms with Crippen molar-refractivity contribution in [2.24, 2.45) is 12.8 Å². The molecule has 3 N–H and O–H groups in total. The third-order valence-electron chi connectivity index (χ3n) is 3.36. The van der Waals surface area contributed by atoms with Gasteiger partial charge in [-0.15, -0.1) is 0 Å². The van der Waals surface area contributed by atoms with Gasteiger partial charge in [-0.1, -0.05) is 6.42 Å². The number of hydrogen-bond acceptors (Lipinski definition) is 4. The fourth-order valence-electron chi connectivity index (χ4n) is 2.33. The molecule has 108 valence electrons. The monoisotopic (exact) mass is 287 g/mol. The first-order chi connectivity index (χ1) is 9.03. The van der Waals surface area contributed by atoms with E-state index in [4.69, 9.17) is 5.73 Å². The van der Waals surface area contributed by atoms with Crippen LogP contribution in [0.1, 0.15) is 25.0 Å². The summed E-state index contributed by atoms with van der Waals surface area (Å²) < 4.78 is 30.2. The Morgan fingerprint density at radius 2 is 2.32 bits per heavy atom. The summed E-state index contributed by atoms with van der Waals surface area (Å²) in [6, 6.07) is 1.70. The summed E-state index contributed by atoms with van der Waals surface area (Å²) in [5, 5.41) is 4.14. The highest BCUT2D eigenvalue weighted by Crippen LogP contribution is 2.18. The highest BCUT2D eigenvalue weighted by molar-refractivity contribution is 7.87. The minimum atomic E-state index is -3.48. The molecule has 19 heavy (non-hydrogen) atoms. The van der Waals surface area contributed by atoms with Crippen LogP contribution in [0.5, 0.6) is 0 Å². The summed E-state index contributed by atoms with van der Waals surface area (Å²) >= 11 is 0. The second-order valence-corrected chi connectivity index (χ2v) is 6.51. The first kappa shape index (κ1) is 14.4. The highest BCUT2D eigenvalue weighted by Gasteiger charge is 2.31. The molecule has 1 aliphatic heterocycles. The Kier molecular flexibility index (Phi) is 4.56. The van der Waals surface area contributed by atoms with Crippen LogP contribution in [0.4, 0.5) is 0 Å². The molecule has 0 aliphatic carbocycles. The normalized spacial score (nSPS) is 21.7. The van der Waals surface area contributed by atoms with Crippen molar-refractivity contribution in [1.82, 2.24) is 18.8 Å². The molecule has 1 unspecified atom stereocenters. The number of nitrogens with zero attached hydrogens (tertiary/aromatic N) is 3. The molecule has 2 rings (SSSR count). The third kappa shape index (κ3) is 3.53. The van der Waals surface area contributed by atoms with Crippen molar-refractivity contribution < 1.29 is 8.42 Å². The van der Waals surface area contributed by atoms with Gasteiger partial charge in [0.15, 0.2) is 0 Å². The Bertz CT molecular complexity index is 513. The molecule has 0 saturated carbocycles. The zero-order chi connectivity index (χ0) is 13.9. The third-order valence-corrected chi connectivity index (χ3v) is 4.97. The topological polar surface area (TPSA) is 93.2 Å². The number of hydrogen-bond donors (Lipinski definition) is 2. The molecule has 0 bridgehead atoms. The smallest absolute Gasteiger partial charge is 0.280 e. The van der Waals surface area contributed by atoms with E-state index >= 15 is 0 Å². The SMILES string of the molecule is Cn1ccc(CNS(=O)(=O)N2CCCCC2CN)n1. The summed E-state index contributed by atoms with van der Waals surface area (Å²) in [5.41, 5.74) is 6.35. The van der Waals surface area contributed by atoms with E-state index in [1.54, 1.807) is 24.0 Å². The number of piperidine rings is 1. The van der Waals surface area contributed by atoms with E-state index in [1.807, 2.05) is 0 Å². The summed E-state index contributed by atoms with van der Waals surface area (Å²) in [6.45, 7) is 1.11. The molecule has 0 radical (unpaired) electrons. The Morgan fingerprint density at radius 3 is 2.95 bits per heavy atom. The summed E-state index contributed by atoms with van der Waals surface area (Å²) in [7, 11) is -1.68. The van der Waals surface area contributed by atoms with Crippen molar-refractivity contribution in [3.8, 4) is 0 Å². The molecule has 1 atom stereocenters. The van der Waals surface area contributed by atoms with Crippen molar-refractivity contribution >= 4 is 10.2 Å². The van der Waals surface area contributed by atoms with Crippen molar-refractivity contribution in [3.05, 3.63) is 18.0 Å². The molecule has 1 aromatic rings. The molecule has 0 amide bonds. The first-order valence-electron chi connectivity index (χ1n) is 6.48. The number of nitrogens with two attached hydrogens (primary N) is 1. The van der Waals surface area contributed by atoms with Crippen LogP contribution in [-0.4, -0.2) is 41.6 Å². The minimum Gasteiger partial charge on any atom is -0.329 e. The zero-order valence-electron chi connectivity index (χ0n) is 11.1. The lowest BCUT2D eigenvalue weighted by Crippen LogP contribution is -2.51. The van der Waals surface area contributed by atoms with E-state index in [2.05, 4.69) is 9.82 Å². The Balaban J connectivity index is 2.00. The second kappa shape index (κ2) is 6.00. The van der Waals surface area contributed by atoms with Gasteiger partial charge < -0.3 is 5.73 Å². The summed E-state index contributed by atoms with van der Waals surface area (Å²) in [4.78, 5) is 0. The molecule has 8 heteroatoms. The average molecular weight is 287 g/mol. The van der Waals surface area contributed by atoms with Gasteiger partial charge in [-0.05, 0) is 18.9 Å². The molecule has 7 nitrogen and oxygen atoms in total. The molecule has 1 fully saturated rings. The quantitative estimate of drug-likeness (QED) is 0.768. The zero-order valence-corrected chi connectivity index (χ0v) is 11.9. The molecule has 1 aromatic heterocycles. The van der Waals surface area contributed by atoms with Crippen molar-refractivity contribution in [1.29, 1.82) is 0 Å². The van der Waals surface area contributed by atoms with Gasteiger partial charge in [-0.25, -0.2) is 0 Å².